The zero-order valence-electron chi connectivity index (χ0n) is 11.7. The molecule has 0 aliphatic rings. The molecule has 0 saturated heterocycles. The number of amides is 1. The van der Waals surface area contributed by atoms with Gasteiger partial charge >= 0.3 is 0 Å². The Hall–Kier alpha value is -2.33. The number of para-hydroxylation sites is 1. The van der Waals surface area contributed by atoms with Crippen molar-refractivity contribution in [3.8, 4) is 0 Å². The van der Waals surface area contributed by atoms with Crippen molar-refractivity contribution in [3.05, 3.63) is 65.0 Å². The van der Waals surface area contributed by atoms with Crippen LogP contribution in [-0.4, -0.2) is 17.9 Å². The second-order valence-electron chi connectivity index (χ2n) is 5.01. The first-order valence-electron chi connectivity index (χ1n) is 6.72. The maximum Gasteiger partial charge on any atom is 0.264 e. The number of nitrogen functional groups attached to an aromatic ring is 1. The van der Waals surface area contributed by atoms with Crippen LogP contribution in [-0.2, 0) is 6.54 Å². The molecule has 3 rings (SSSR count). The van der Waals surface area contributed by atoms with E-state index in [1.807, 2.05) is 54.6 Å². The van der Waals surface area contributed by atoms with E-state index >= 15 is 0 Å². The van der Waals surface area contributed by atoms with E-state index < -0.39 is 0 Å². The SMILES string of the molecule is CN(Cc1ccccc1N)C(=O)c1cc2ccccc2s1. The molecular formula is C17H16N2OS. The lowest BCUT2D eigenvalue weighted by Gasteiger charge is -2.17. The first kappa shape index (κ1) is 13.6. The van der Waals surface area contributed by atoms with Crippen molar-refractivity contribution in [2.24, 2.45) is 0 Å². The van der Waals surface area contributed by atoms with E-state index in [4.69, 9.17) is 5.73 Å². The summed E-state index contributed by atoms with van der Waals surface area (Å²) in [6, 6.07) is 17.6. The highest BCUT2D eigenvalue weighted by molar-refractivity contribution is 7.20. The molecule has 0 aliphatic heterocycles. The fourth-order valence-electron chi connectivity index (χ4n) is 2.28. The van der Waals surface area contributed by atoms with Gasteiger partial charge in [-0.15, -0.1) is 11.3 Å². The molecule has 2 aromatic carbocycles. The largest absolute Gasteiger partial charge is 0.398 e. The molecule has 0 unspecified atom stereocenters. The highest BCUT2D eigenvalue weighted by Crippen LogP contribution is 2.26. The summed E-state index contributed by atoms with van der Waals surface area (Å²) in [6.45, 7) is 0.514. The minimum absolute atomic E-state index is 0.0273. The molecule has 0 fully saturated rings. The van der Waals surface area contributed by atoms with Crippen LogP contribution >= 0.6 is 11.3 Å². The molecule has 106 valence electrons. The number of fused-ring (bicyclic) bond motifs is 1. The Balaban J connectivity index is 1.82. The molecule has 3 nitrogen and oxygen atoms in total. The minimum atomic E-state index is 0.0273. The number of nitrogens with zero attached hydrogens (tertiary/aromatic N) is 1. The predicted molar refractivity (Wildman–Crippen MR) is 88.5 cm³/mol. The number of anilines is 1. The Morgan fingerprint density at radius 3 is 2.62 bits per heavy atom. The second-order valence-corrected chi connectivity index (χ2v) is 6.09. The lowest BCUT2D eigenvalue weighted by atomic mass is 10.1. The smallest absolute Gasteiger partial charge is 0.264 e. The van der Waals surface area contributed by atoms with Crippen LogP contribution in [0.1, 0.15) is 15.2 Å². The highest BCUT2D eigenvalue weighted by atomic mass is 32.1. The van der Waals surface area contributed by atoms with Gasteiger partial charge in [0.1, 0.15) is 0 Å². The summed E-state index contributed by atoms with van der Waals surface area (Å²) in [5.74, 6) is 0.0273. The van der Waals surface area contributed by atoms with Crippen LogP contribution in [0.5, 0.6) is 0 Å². The van der Waals surface area contributed by atoms with Crippen molar-refractivity contribution in [1.29, 1.82) is 0 Å². The fraction of sp³-hybridized carbons (Fsp3) is 0.118. The van der Waals surface area contributed by atoms with E-state index in [0.29, 0.717) is 12.2 Å². The van der Waals surface area contributed by atoms with Gasteiger partial charge in [0, 0.05) is 24.0 Å². The van der Waals surface area contributed by atoms with Gasteiger partial charge in [-0.05, 0) is 29.1 Å². The maximum absolute atomic E-state index is 12.5. The lowest BCUT2D eigenvalue weighted by Crippen LogP contribution is -2.25. The van der Waals surface area contributed by atoms with Crippen LogP contribution in [0, 0.1) is 0 Å². The van der Waals surface area contributed by atoms with Crippen LogP contribution in [0.25, 0.3) is 10.1 Å². The van der Waals surface area contributed by atoms with E-state index in [1.165, 1.54) is 11.3 Å². The molecule has 1 heterocycles. The Morgan fingerprint density at radius 1 is 1.14 bits per heavy atom. The zero-order chi connectivity index (χ0) is 14.8. The van der Waals surface area contributed by atoms with Crippen LogP contribution in [0.2, 0.25) is 0 Å². The van der Waals surface area contributed by atoms with Gasteiger partial charge in [-0.25, -0.2) is 0 Å². The highest BCUT2D eigenvalue weighted by Gasteiger charge is 2.15. The maximum atomic E-state index is 12.5. The molecular weight excluding hydrogens is 280 g/mol. The summed E-state index contributed by atoms with van der Waals surface area (Å²) in [4.78, 5) is 15.0. The fourth-order valence-corrected chi connectivity index (χ4v) is 3.34. The quantitative estimate of drug-likeness (QED) is 0.748. The Morgan fingerprint density at radius 2 is 1.86 bits per heavy atom. The Labute approximate surface area is 127 Å². The van der Waals surface area contributed by atoms with Gasteiger partial charge in [0.15, 0.2) is 0 Å². The van der Waals surface area contributed by atoms with Gasteiger partial charge in [-0.2, -0.15) is 0 Å². The molecule has 0 aliphatic carbocycles. The number of hydrogen-bond acceptors (Lipinski definition) is 3. The summed E-state index contributed by atoms with van der Waals surface area (Å²) in [6.07, 6.45) is 0. The van der Waals surface area contributed by atoms with Crippen molar-refractivity contribution < 1.29 is 4.79 Å². The molecule has 4 heteroatoms. The average molecular weight is 296 g/mol. The standard InChI is InChI=1S/C17H16N2OS/c1-19(11-13-7-2-4-8-14(13)18)17(20)16-10-12-6-3-5-9-15(12)21-16/h2-10H,11,18H2,1H3. The monoisotopic (exact) mass is 296 g/mol. The van der Waals surface area contributed by atoms with Crippen molar-refractivity contribution in [1.82, 2.24) is 4.90 Å². The molecule has 0 saturated carbocycles. The van der Waals surface area contributed by atoms with Crippen molar-refractivity contribution >= 4 is 33.0 Å². The number of benzene rings is 2. The van der Waals surface area contributed by atoms with Crippen molar-refractivity contribution in [2.75, 3.05) is 12.8 Å². The van der Waals surface area contributed by atoms with Gasteiger partial charge in [0.2, 0.25) is 0 Å². The topological polar surface area (TPSA) is 46.3 Å². The number of hydrogen-bond donors (Lipinski definition) is 1. The number of rotatable bonds is 3. The zero-order valence-corrected chi connectivity index (χ0v) is 12.6. The number of nitrogens with two attached hydrogens (primary N) is 1. The van der Waals surface area contributed by atoms with E-state index in [-0.39, 0.29) is 5.91 Å². The summed E-state index contributed by atoms with van der Waals surface area (Å²) in [5, 5.41) is 1.11. The van der Waals surface area contributed by atoms with Crippen LogP contribution in [0.4, 0.5) is 5.69 Å². The Bertz CT molecular complexity index is 761. The van der Waals surface area contributed by atoms with Gasteiger partial charge < -0.3 is 10.6 Å². The molecule has 3 aromatic rings. The van der Waals surface area contributed by atoms with Gasteiger partial charge in [0.05, 0.1) is 4.88 Å². The molecule has 1 amide bonds. The van der Waals surface area contributed by atoms with Gasteiger partial charge in [-0.3, -0.25) is 4.79 Å². The third-order valence-electron chi connectivity index (χ3n) is 3.45. The average Bonchev–Trinajstić information content (AvgIpc) is 2.92. The summed E-state index contributed by atoms with van der Waals surface area (Å²) < 4.78 is 1.13. The third-order valence-corrected chi connectivity index (χ3v) is 4.55. The molecule has 21 heavy (non-hydrogen) atoms. The van der Waals surface area contributed by atoms with Crippen molar-refractivity contribution in [2.45, 2.75) is 6.54 Å². The first-order chi connectivity index (χ1) is 10.1. The van der Waals surface area contributed by atoms with Gasteiger partial charge in [-0.1, -0.05) is 36.4 Å². The van der Waals surface area contributed by atoms with Crippen molar-refractivity contribution in [3.63, 3.8) is 0 Å². The summed E-state index contributed by atoms with van der Waals surface area (Å²) >= 11 is 1.53. The third kappa shape index (κ3) is 2.76. The molecule has 1 aromatic heterocycles. The molecule has 0 atom stereocenters. The van der Waals surface area contributed by atoms with E-state index in [2.05, 4.69) is 0 Å². The van der Waals surface area contributed by atoms with Crippen LogP contribution in [0.15, 0.2) is 54.6 Å². The predicted octanol–water partition coefficient (Wildman–Crippen LogP) is 3.76. The van der Waals surface area contributed by atoms with Crippen LogP contribution in [0.3, 0.4) is 0 Å². The van der Waals surface area contributed by atoms with E-state index in [0.717, 1.165) is 20.5 Å². The number of carbonyl (C=O) groups excluding carboxylic acids is 1. The summed E-state index contributed by atoms with van der Waals surface area (Å²) in [7, 11) is 1.80. The Kier molecular flexibility index (Phi) is 3.62. The van der Waals surface area contributed by atoms with E-state index in [1.54, 1.807) is 11.9 Å². The second kappa shape index (κ2) is 5.58. The lowest BCUT2D eigenvalue weighted by molar-refractivity contribution is 0.0790. The number of thiophene rings is 1. The molecule has 0 bridgehead atoms. The van der Waals surface area contributed by atoms with Gasteiger partial charge in [0.25, 0.3) is 5.91 Å². The number of carbonyl (C=O) groups is 1. The van der Waals surface area contributed by atoms with Crippen LogP contribution < -0.4 is 5.73 Å². The minimum Gasteiger partial charge on any atom is -0.398 e. The summed E-state index contributed by atoms with van der Waals surface area (Å²) in [5.41, 5.74) is 7.62. The molecule has 0 spiro atoms. The molecule has 0 radical (unpaired) electrons. The first-order valence-corrected chi connectivity index (χ1v) is 7.54. The van der Waals surface area contributed by atoms with E-state index in [9.17, 15) is 4.79 Å². The molecule has 2 N–H and O–H groups in total. The normalized spacial score (nSPS) is 10.7.